The molecule has 90 valence electrons. The quantitative estimate of drug-likeness (QED) is 0.769. The van der Waals surface area contributed by atoms with Gasteiger partial charge in [-0.15, -0.1) is 0 Å². The minimum absolute atomic E-state index is 0.804. The van der Waals surface area contributed by atoms with Crippen LogP contribution in [0.5, 0.6) is 0 Å². The molecule has 16 heavy (non-hydrogen) atoms. The third-order valence-electron chi connectivity index (χ3n) is 2.43. The van der Waals surface area contributed by atoms with Crippen LogP contribution in [0.3, 0.4) is 0 Å². The molecule has 0 aromatic heterocycles. The Morgan fingerprint density at radius 3 is 2.81 bits per heavy atom. The van der Waals surface area contributed by atoms with E-state index in [1.165, 1.54) is 11.3 Å². The van der Waals surface area contributed by atoms with Gasteiger partial charge in [-0.25, -0.2) is 0 Å². The maximum Gasteiger partial charge on any atom is 0.0482 e. The van der Waals surface area contributed by atoms with E-state index in [1.807, 2.05) is 6.92 Å². The Bertz CT molecular complexity index is 315. The van der Waals surface area contributed by atoms with Gasteiger partial charge in [-0.2, -0.15) is 0 Å². The van der Waals surface area contributed by atoms with Gasteiger partial charge in [-0.05, 0) is 43.5 Å². The molecule has 0 saturated carbocycles. The van der Waals surface area contributed by atoms with Gasteiger partial charge >= 0.3 is 0 Å². The highest BCUT2D eigenvalue weighted by Crippen LogP contribution is 2.21. The lowest BCUT2D eigenvalue weighted by molar-refractivity contribution is 0.147. The average molecular weight is 286 g/mol. The fourth-order valence-corrected chi connectivity index (χ4v) is 1.98. The number of aryl methyl sites for hydroxylation is 1. The first-order valence-corrected chi connectivity index (χ1v) is 6.67. The Kier molecular flexibility index (Phi) is 6.50. The van der Waals surface area contributed by atoms with Gasteiger partial charge in [0.05, 0.1) is 0 Å². The minimum atomic E-state index is 0.804. The Morgan fingerprint density at radius 1 is 1.31 bits per heavy atom. The summed E-state index contributed by atoms with van der Waals surface area (Å²) in [6.45, 7) is 6.80. The summed E-state index contributed by atoms with van der Waals surface area (Å²) in [4.78, 5) is 0. The molecule has 1 aromatic rings. The molecule has 0 bridgehead atoms. The lowest BCUT2D eigenvalue weighted by Gasteiger charge is -2.11. The molecule has 0 radical (unpaired) electrons. The molecule has 1 rings (SSSR count). The lowest BCUT2D eigenvalue weighted by atomic mass is 10.1. The van der Waals surface area contributed by atoms with Crippen molar-refractivity contribution < 1.29 is 4.74 Å². The molecule has 0 fully saturated rings. The van der Waals surface area contributed by atoms with Crippen LogP contribution in [-0.4, -0.2) is 19.8 Å². The molecule has 3 heteroatoms. The van der Waals surface area contributed by atoms with E-state index >= 15 is 0 Å². The number of anilines is 1. The Hall–Kier alpha value is -0.540. The molecule has 2 nitrogen and oxygen atoms in total. The molecular formula is C13H20BrNO. The van der Waals surface area contributed by atoms with Gasteiger partial charge in [0.25, 0.3) is 0 Å². The third-order valence-corrected chi connectivity index (χ3v) is 2.93. The van der Waals surface area contributed by atoms with Crippen molar-refractivity contribution >= 4 is 21.6 Å². The molecule has 0 aliphatic heterocycles. The largest absolute Gasteiger partial charge is 0.385 e. The fourth-order valence-electron chi connectivity index (χ4n) is 1.57. The SMILES string of the molecule is CCOCCCNc1ccc(Br)cc1CC. The number of rotatable bonds is 7. The second-order valence-corrected chi connectivity index (χ2v) is 4.55. The Balaban J connectivity index is 2.41. The zero-order chi connectivity index (χ0) is 11.8. The van der Waals surface area contributed by atoms with E-state index in [9.17, 15) is 0 Å². The van der Waals surface area contributed by atoms with Crippen molar-refractivity contribution in [2.45, 2.75) is 26.7 Å². The van der Waals surface area contributed by atoms with Crippen LogP contribution in [0.15, 0.2) is 22.7 Å². The van der Waals surface area contributed by atoms with Crippen LogP contribution in [0, 0.1) is 0 Å². The summed E-state index contributed by atoms with van der Waals surface area (Å²) >= 11 is 3.49. The number of halogens is 1. The number of benzene rings is 1. The van der Waals surface area contributed by atoms with E-state index in [4.69, 9.17) is 4.74 Å². The number of ether oxygens (including phenoxy) is 1. The van der Waals surface area contributed by atoms with Crippen LogP contribution in [0.1, 0.15) is 25.8 Å². The highest BCUT2D eigenvalue weighted by atomic mass is 79.9. The summed E-state index contributed by atoms with van der Waals surface area (Å²) in [6, 6.07) is 6.37. The van der Waals surface area contributed by atoms with Gasteiger partial charge in [0.15, 0.2) is 0 Å². The predicted octanol–water partition coefficient (Wildman–Crippen LogP) is 3.85. The Labute approximate surface area is 107 Å². The van der Waals surface area contributed by atoms with E-state index in [1.54, 1.807) is 0 Å². The highest BCUT2D eigenvalue weighted by Gasteiger charge is 2.00. The van der Waals surface area contributed by atoms with Crippen molar-refractivity contribution in [1.82, 2.24) is 0 Å². The summed E-state index contributed by atoms with van der Waals surface area (Å²) in [6.07, 6.45) is 2.10. The molecule has 1 N–H and O–H groups in total. The van der Waals surface area contributed by atoms with Crippen molar-refractivity contribution in [3.05, 3.63) is 28.2 Å². The van der Waals surface area contributed by atoms with Crippen molar-refractivity contribution in [1.29, 1.82) is 0 Å². The van der Waals surface area contributed by atoms with E-state index in [-0.39, 0.29) is 0 Å². The normalized spacial score (nSPS) is 10.4. The average Bonchev–Trinajstić information content (AvgIpc) is 2.30. The summed E-state index contributed by atoms with van der Waals surface area (Å²) in [5.74, 6) is 0. The molecule has 0 aliphatic rings. The zero-order valence-corrected chi connectivity index (χ0v) is 11.6. The van der Waals surface area contributed by atoms with Crippen LogP contribution < -0.4 is 5.32 Å². The summed E-state index contributed by atoms with van der Waals surface area (Å²) in [7, 11) is 0. The second kappa shape index (κ2) is 7.69. The smallest absolute Gasteiger partial charge is 0.0482 e. The molecule has 0 heterocycles. The minimum Gasteiger partial charge on any atom is -0.385 e. The number of hydrogen-bond acceptors (Lipinski definition) is 2. The van der Waals surface area contributed by atoms with Crippen molar-refractivity contribution in [2.75, 3.05) is 25.1 Å². The maximum atomic E-state index is 5.30. The first-order valence-electron chi connectivity index (χ1n) is 5.88. The summed E-state index contributed by atoms with van der Waals surface area (Å²) in [5.41, 5.74) is 2.59. The van der Waals surface area contributed by atoms with Gasteiger partial charge in [-0.1, -0.05) is 22.9 Å². The number of hydrogen-bond donors (Lipinski definition) is 1. The van der Waals surface area contributed by atoms with Gasteiger partial charge in [0.2, 0.25) is 0 Å². The highest BCUT2D eigenvalue weighted by molar-refractivity contribution is 9.10. The van der Waals surface area contributed by atoms with Crippen molar-refractivity contribution in [3.8, 4) is 0 Å². The van der Waals surface area contributed by atoms with Crippen LogP contribution in [-0.2, 0) is 11.2 Å². The summed E-state index contributed by atoms with van der Waals surface area (Å²) < 4.78 is 6.44. The fraction of sp³-hybridized carbons (Fsp3) is 0.538. The van der Waals surface area contributed by atoms with E-state index in [2.05, 4.69) is 46.4 Å². The molecule has 0 atom stereocenters. The van der Waals surface area contributed by atoms with Crippen molar-refractivity contribution in [2.24, 2.45) is 0 Å². The van der Waals surface area contributed by atoms with Gasteiger partial charge < -0.3 is 10.1 Å². The summed E-state index contributed by atoms with van der Waals surface area (Å²) in [5, 5.41) is 3.45. The molecule has 0 aliphatic carbocycles. The maximum absolute atomic E-state index is 5.30. The third kappa shape index (κ3) is 4.54. The molecule has 0 amide bonds. The van der Waals surface area contributed by atoms with Crippen LogP contribution in [0.2, 0.25) is 0 Å². The van der Waals surface area contributed by atoms with Gasteiger partial charge in [0.1, 0.15) is 0 Å². The molecule has 0 spiro atoms. The topological polar surface area (TPSA) is 21.3 Å². The van der Waals surface area contributed by atoms with Gasteiger partial charge in [-0.3, -0.25) is 0 Å². The van der Waals surface area contributed by atoms with Crippen LogP contribution in [0.25, 0.3) is 0 Å². The monoisotopic (exact) mass is 285 g/mol. The van der Waals surface area contributed by atoms with Crippen LogP contribution in [0.4, 0.5) is 5.69 Å². The second-order valence-electron chi connectivity index (χ2n) is 3.63. The van der Waals surface area contributed by atoms with E-state index in [0.717, 1.165) is 37.1 Å². The first-order chi connectivity index (χ1) is 7.77. The first kappa shape index (κ1) is 13.5. The molecule has 1 aromatic carbocycles. The van der Waals surface area contributed by atoms with E-state index in [0.29, 0.717) is 0 Å². The van der Waals surface area contributed by atoms with Crippen LogP contribution >= 0.6 is 15.9 Å². The molecule has 0 saturated heterocycles. The van der Waals surface area contributed by atoms with Gasteiger partial charge in [0, 0.05) is 29.9 Å². The standard InChI is InChI=1S/C13H20BrNO/c1-3-11-10-12(14)6-7-13(11)15-8-5-9-16-4-2/h6-7,10,15H,3-5,8-9H2,1-2H3. The van der Waals surface area contributed by atoms with E-state index < -0.39 is 0 Å². The Morgan fingerprint density at radius 2 is 2.12 bits per heavy atom. The lowest BCUT2D eigenvalue weighted by Crippen LogP contribution is -2.07. The van der Waals surface area contributed by atoms with Crippen molar-refractivity contribution in [3.63, 3.8) is 0 Å². The molecular weight excluding hydrogens is 266 g/mol. The zero-order valence-electron chi connectivity index (χ0n) is 10.1. The number of nitrogens with one attached hydrogen (secondary N) is 1. The predicted molar refractivity (Wildman–Crippen MR) is 73.1 cm³/mol. The molecule has 0 unspecified atom stereocenters.